The van der Waals surface area contributed by atoms with Crippen LogP contribution in [0.25, 0.3) is 0 Å². The van der Waals surface area contributed by atoms with E-state index < -0.39 is 6.29 Å². The maximum atomic E-state index is 10.6. The van der Waals surface area contributed by atoms with E-state index in [4.69, 9.17) is 13.9 Å². The fraction of sp³-hybridized carbons (Fsp3) is 0.444. The first-order chi connectivity index (χ1) is 6.42. The minimum Gasteiger partial charge on any atom is -0.463 e. The van der Waals surface area contributed by atoms with Gasteiger partial charge in [-0.1, -0.05) is 0 Å². The van der Waals surface area contributed by atoms with Crippen molar-refractivity contribution >= 4 is 6.29 Å². The zero-order valence-corrected chi connectivity index (χ0v) is 7.06. The molecule has 4 heteroatoms. The molecule has 0 amide bonds. The van der Waals surface area contributed by atoms with E-state index in [-0.39, 0.29) is 0 Å². The normalized spacial score (nSPS) is 18.8. The van der Waals surface area contributed by atoms with Gasteiger partial charge in [0.2, 0.25) is 6.29 Å². The molecule has 1 aromatic rings. The van der Waals surface area contributed by atoms with Crippen molar-refractivity contribution in [3.8, 4) is 0 Å². The van der Waals surface area contributed by atoms with Gasteiger partial charge in [0.05, 0.1) is 25.0 Å². The van der Waals surface area contributed by atoms with Crippen LogP contribution in [-0.2, 0) is 9.47 Å². The number of ether oxygens (including phenoxy) is 2. The van der Waals surface area contributed by atoms with Crippen LogP contribution >= 0.6 is 0 Å². The maximum absolute atomic E-state index is 10.6. The molecule has 70 valence electrons. The third-order valence-corrected chi connectivity index (χ3v) is 1.90. The average molecular weight is 182 g/mol. The van der Waals surface area contributed by atoms with Gasteiger partial charge in [0.25, 0.3) is 0 Å². The van der Waals surface area contributed by atoms with Gasteiger partial charge in [0.1, 0.15) is 0 Å². The van der Waals surface area contributed by atoms with Crippen molar-refractivity contribution < 1.29 is 18.7 Å². The number of carbonyl (C=O) groups excluding carboxylic acids is 1. The molecular formula is C9H10O4. The summed E-state index contributed by atoms with van der Waals surface area (Å²) in [5.74, 6) is 0.467. The van der Waals surface area contributed by atoms with Gasteiger partial charge in [-0.05, 0) is 12.5 Å². The van der Waals surface area contributed by atoms with Gasteiger partial charge in [0, 0.05) is 0 Å². The van der Waals surface area contributed by atoms with Gasteiger partial charge < -0.3 is 13.9 Å². The van der Waals surface area contributed by atoms with E-state index in [1.54, 1.807) is 6.07 Å². The molecule has 0 spiro atoms. The molecular weight excluding hydrogens is 172 g/mol. The van der Waals surface area contributed by atoms with Crippen molar-refractivity contribution in [2.45, 2.75) is 12.7 Å². The van der Waals surface area contributed by atoms with E-state index in [0.717, 1.165) is 12.7 Å². The topological polar surface area (TPSA) is 48.7 Å². The van der Waals surface area contributed by atoms with Crippen molar-refractivity contribution in [1.29, 1.82) is 0 Å². The quantitative estimate of drug-likeness (QED) is 0.651. The predicted octanol–water partition coefficient (Wildman–Crippen LogP) is 1.53. The minimum atomic E-state index is -0.510. The van der Waals surface area contributed by atoms with Crippen LogP contribution in [0.1, 0.15) is 28.8 Å². The molecule has 2 rings (SSSR count). The molecule has 0 radical (unpaired) electrons. The smallest absolute Gasteiger partial charge is 0.217 e. The van der Waals surface area contributed by atoms with Crippen molar-refractivity contribution in [3.05, 3.63) is 23.7 Å². The summed E-state index contributed by atoms with van der Waals surface area (Å²) in [6.07, 6.45) is 2.57. The number of hydrogen-bond acceptors (Lipinski definition) is 4. The zero-order valence-electron chi connectivity index (χ0n) is 7.06. The van der Waals surface area contributed by atoms with Gasteiger partial charge in [-0.3, -0.25) is 4.79 Å². The van der Waals surface area contributed by atoms with E-state index in [1.165, 1.54) is 6.26 Å². The maximum Gasteiger partial charge on any atom is 0.217 e. The fourth-order valence-electron chi connectivity index (χ4n) is 1.26. The second kappa shape index (κ2) is 3.72. The molecule has 1 aromatic heterocycles. The van der Waals surface area contributed by atoms with Crippen LogP contribution in [0.15, 0.2) is 16.7 Å². The SMILES string of the molecule is O=Cc1ccoc1C1OCCCO1. The van der Waals surface area contributed by atoms with Crippen LogP contribution in [0.5, 0.6) is 0 Å². The van der Waals surface area contributed by atoms with Gasteiger partial charge >= 0.3 is 0 Å². The highest BCUT2D eigenvalue weighted by Gasteiger charge is 2.22. The average Bonchev–Trinajstić information content (AvgIpc) is 2.67. The minimum absolute atomic E-state index is 0.467. The molecule has 4 nitrogen and oxygen atoms in total. The summed E-state index contributed by atoms with van der Waals surface area (Å²) in [7, 11) is 0. The number of carbonyl (C=O) groups is 1. The Morgan fingerprint density at radius 2 is 2.15 bits per heavy atom. The third kappa shape index (κ3) is 1.64. The lowest BCUT2D eigenvalue weighted by atomic mass is 10.2. The van der Waals surface area contributed by atoms with Gasteiger partial charge in [-0.25, -0.2) is 0 Å². The van der Waals surface area contributed by atoms with Crippen molar-refractivity contribution in [1.82, 2.24) is 0 Å². The summed E-state index contributed by atoms with van der Waals surface area (Å²) in [6.45, 7) is 1.29. The first kappa shape index (κ1) is 8.47. The number of furan rings is 1. The van der Waals surface area contributed by atoms with E-state index in [9.17, 15) is 4.79 Å². The molecule has 0 saturated carbocycles. The summed E-state index contributed by atoms with van der Waals surface area (Å²) >= 11 is 0. The monoisotopic (exact) mass is 182 g/mol. The van der Waals surface area contributed by atoms with Crippen LogP contribution in [-0.4, -0.2) is 19.5 Å². The van der Waals surface area contributed by atoms with Crippen LogP contribution in [0.4, 0.5) is 0 Å². The van der Waals surface area contributed by atoms with Crippen LogP contribution in [0.2, 0.25) is 0 Å². The molecule has 0 atom stereocenters. The predicted molar refractivity (Wildman–Crippen MR) is 43.4 cm³/mol. The van der Waals surface area contributed by atoms with Crippen LogP contribution in [0.3, 0.4) is 0 Å². The van der Waals surface area contributed by atoms with Crippen molar-refractivity contribution in [2.75, 3.05) is 13.2 Å². The second-order valence-electron chi connectivity index (χ2n) is 2.79. The Hall–Kier alpha value is -1.13. The van der Waals surface area contributed by atoms with E-state index >= 15 is 0 Å². The van der Waals surface area contributed by atoms with Crippen LogP contribution < -0.4 is 0 Å². The van der Waals surface area contributed by atoms with Crippen molar-refractivity contribution in [3.63, 3.8) is 0 Å². The first-order valence-corrected chi connectivity index (χ1v) is 4.17. The Balaban J connectivity index is 2.17. The highest BCUT2D eigenvalue weighted by molar-refractivity contribution is 5.76. The lowest BCUT2D eigenvalue weighted by Crippen LogP contribution is -2.18. The lowest BCUT2D eigenvalue weighted by molar-refractivity contribution is -0.191. The second-order valence-corrected chi connectivity index (χ2v) is 2.79. The van der Waals surface area contributed by atoms with Crippen LogP contribution in [0, 0.1) is 0 Å². The number of aldehydes is 1. The van der Waals surface area contributed by atoms with Gasteiger partial charge in [-0.2, -0.15) is 0 Å². The Labute approximate surface area is 75.4 Å². The Morgan fingerprint density at radius 3 is 2.85 bits per heavy atom. The molecule has 0 N–H and O–H groups in total. The number of rotatable bonds is 2. The molecule has 1 aliphatic heterocycles. The lowest BCUT2D eigenvalue weighted by Gasteiger charge is -2.21. The highest BCUT2D eigenvalue weighted by atomic mass is 16.7. The molecule has 1 aliphatic rings. The molecule has 13 heavy (non-hydrogen) atoms. The van der Waals surface area contributed by atoms with Gasteiger partial charge in [-0.15, -0.1) is 0 Å². The fourth-order valence-corrected chi connectivity index (χ4v) is 1.26. The Bertz CT molecular complexity index is 286. The molecule has 0 aromatic carbocycles. The molecule has 2 heterocycles. The highest BCUT2D eigenvalue weighted by Crippen LogP contribution is 2.25. The third-order valence-electron chi connectivity index (χ3n) is 1.90. The van der Waals surface area contributed by atoms with Crippen molar-refractivity contribution in [2.24, 2.45) is 0 Å². The summed E-state index contributed by atoms with van der Waals surface area (Å²) in [6, 6.07) is 1.60. The first-order valence-electron chi connectivity index (χ1n) is 4.17. The van der Waals surface area contributed by atoms with Gasteiger partial charge in [0.15, 0.2) is 12.0 Å². The Kier molecular flexibility index (Phi) is 2.42. The molecule has 0 unspecified atom stereocenters. The van der Waals surface area contributed by atoms with E-state index in [1.807, 2.05) is 0 Å². The standard InChI is InChI=1S/C9H10O4/c10-6-7-2-5-11-8(7)9-12-3-1-4-13-9/h2,5-6,9H,1,3-4H2. The zero-order chi connectivity index (χ0) is 9.10. The van der Waals surface area contributed by atoms with E-state index in [0.29, 0.717) is 24.5 Å². The summed E-state index contributed by atoms with van der Waals surface area (Å²) in [5, 5.41) is 0. The summed E-state index contributed by atoms with van der Waals surface area (Å²) in [4.78, 5) is 10.6. The molecule has 0 bridgehead atoms. The number of hydrogen-bond donors (Lipinski definition) is 0. The summed E-state index contributed by atoms with van der Waals surface area (Å²) < 4.78 is 15.7. The molecule has 1 saturated heterocycles. The largest absolute Gasteiger partial charge is 0.463 e. The van der Waals surface area contributed by atoms with E-state index in [2.05, 4.69) is 0 Å². The Morgan fingerprint density at radius 1 is 1.38 bits per heavy atom. The molecule has 0 aliphatic carbocycles. The molecule has 1 fully saturated rings. The summed E-state index contributed by atoms with van der Waals surface area (Å²) in [5.41, 5.74) is 0.493.